The summed E-state index contributed by atoms with van der Waals surface area (Å²) >= 11 is 0. The van der Waals surface area contributed by atoms with Crippen LogP contribution in [0.3, 0.4) is 0 Å². The van der Waals surface area contributed by atoms with Gasteiger partial charge in [-0.15, -0.1) is 0 Å². The van der Waals surface area contributed by atoms with Gasteiger partial charge in [-0.1, -0.05) is 51.1 Å². The molecule has 29 heavy (non-hydrogen) atoms. The average Bonchev–Trinajstić information content (AvgIpc) is 2.85. The van der Waals surface area contributed by atoms with E-state index in [9.17, 15) is 5.26 Å². The van der Waals surface area contributed by atoms with Gasteiger partial charge in [0, 0.05) is 23.7 Å². The molecule has 0 saturated heterocycles. The van der Waals surface area contributed by atoms with Crippen LogP contribution in [0, 0.1) is 33.5 Å². The van der Waals surface area contributed by atoms with E-state index in [1.165, 1.54) is 48.9 Å². The summed E-state index contributed by atoms with van der Waals surface area (Å²) in [6, 6.07) is 17.7. The first-order valence-electron chi connectivity index (χ1n) is 11.2. The van der Waals surface area contributed by atoms with Crippen LogP contribution >= 0.6 is 0 Å². The van der Waals surface area contributed by atoms with Gasteiger partial charge in [-0.05, 0) is 83.9 Å². The maximum absolute atomic E-state index is 9.28. The van der Waals surface area contributed by atoms with E-state index < -0.39 is 0 Å². The van der Waals surface area contributed by atoms with Crippen molar-refractivity contribution in [2.75, 3.05) is 0 Å². The zero-order valence-electron chi connectivity index (χ0n) is 18.0. The van der Waals surface area contributed by atoms with Crippen molar-refractivity contribution in [2.24, 2.45) is 22.2 Å². The van der Waals surface area contributed by atoms with Crippen molar-refractivity contribution in [2.45, 2.75) is 71.1 Å². The summed E-state index contributed by atoms with van der Waals surface area (Å²) in [5, 5.41) is 9.28. The number of pyridine rings is 1. The van der Waals surface area contributed by atoms with Crippen LogP contribution in [0.25, 0.3) is 0 Å². The number of nitriles is 1. The van der Waals surface area contributed by atoms with Crippen LogP contribution in [0.1, 0.15) is 76.1 Å². The Morgan fingerprint density at radius 2 is 1.76 bits per heavy atom. The molecule has 0 amide bonds. The van der Waals surface area contributed by atoms with Crippen molar-refractivity contribution in [3.8, 4) is 6.07 Å². The summed E-state index contributed by atoms with van der Waals surface area (Å²) in [7, 11) is 0. The molecule has 150 valence electrons. The summed E-state index contributed by atoms with van der Waals surface area (Å²) in [6.07, 6.45) is 10.1. The predicted octanol–water partition coefficient (Wildman–Crippen LogP) is 6.45. The Morgan fingerprint density at radius 3 is 2.45 bits per heavy atom. The second-order valence-corrected chi connectivity index (χ2v) is 11.0. The third-order valence-electron chi connectivity index (χ3n) is 9.59. The van der Waals surface area contributed by atoms with E-state index in [0.717, 1.165) is 6.42 Å². The Balaban J connectivity index is 1.34. The number of aromatic nitrogens is 1. The number of hydrogen-bond donors (Lipinski definition) is 0. The molecule has 0 aliphatic heterocycles. The number of hydrogen-bond acceptors (Lipinski definition) is 2. The van der Waals surface area contributed by atoms with Crippen molar-refractivity contribution >= 4 is 0 Å². The van der Waals surface area contributed by atoms with Crippen LogP contribution in [0.15, 0.2) is 48.7 Å². The summed E-state index contributed by atoms with van der Waals surface area (Å²) in [6.45, 7) is 7.41. The van der Waals surface area contributed by atoms with Gasteiger partial charge in [0.25, 0.3) is 0 Å². The van der Waals surface area contributed by atoms with Gasteiger partial charge >= 0.3 is 0 Å². The van der Waals surface area contributed by atoms with E-state index in [1.54, 1.807) is 0 Å². The molecular weight excluding hydrogens is 352 g/mol. The summed E-state index contributed by atoms with van der Waals surface area (Å²) in [4.78, 5) is 4.83. The van der Waals surface area contributed by atoms with E-state index >= 15 is 0 Å². The maximum Gasteiger partial charge on any atom is 0.0624 e. The molecule has 2 bridgehead atoms. The minimum Gasteiger partial charge on any atom is -0.261 e. The van der Waals surface area contributed by atoms with Crippen molar-refractivity contribution in [3.05, 3.63) is 65.5 Å². The number of benzene rings is 1. The molecule has 4 aliphatic rings. The zero-order chi connectivity index (χ0) is 20.3. The van der Waals surface area contributed by atoms with E-state index in [-0.39, 0.29) is 5.41 Å². The average molecular weight is 385 g/mol. The molecule has 0 N–H and O–H groups in total. The predicted molar refractivity (Wildman–Crippen MR) is 116 cm³/mol. The Labute approximate surface area is 175 Å². The molecule has 0 radical (unpaired) electrons. The molecular formula is C27H32N2. The minimum absolute atomic E-state index is 0.248. The highest BCUT2D eigenvalue weighted by molar-refractivity contribution is 5.40. The Morgan fingerprint density at radius 1 is 1.03 bits per heavy atom. The Kier molecular flexibility index (Phi) is 4.02. The SMILES string of the molecule is CC1(C)C(CC#N)CCC1(C)C12CC(c3cc(Cc4ccccc4)ccn3)(C1)C2. The van der Waals surface area contributed by atoms with Gasteiger partial charge in [-0.25, -0.2) is 0 Å². The molecule has 2 atom stereocenters. The Bertz CT molecular complexity index is 948. The van der Waals surface area contributed by atoms with Gasteiger partial charge in [0.15, 0.2) is 0 Å². The largest absolute Gasteiger partial charge is 0.261 e. The molecule has 1 aromatic heterocycles. The molecule has 4 saturated carbocycles. The van der Waals surface area contributed by atoms with Crippen LogP contribution in [0.5, 0.6) is 0 Å². The molecule has 0 spiro atoms. The van der Waals surface area contributed by atoms with E-state index in [1.807, 2.05) is 6.20 Å². The highest BCUT2D eigenvalue weighted by Gasteiger charge is 2.78. The highest BCUT2D eigenvalue weighted by atomic mass is 14.9. The molecule has 2 nitrogen and oxygen atoms in total. The fourth-order valence-electron chi connectivity index (χ4n) is 7.36. The standard InChI is InChI=1S/C27H32N2/c1-24(2)22(10-13-28)9-12-25(24,3)27-17-26(18-27,19-27)23-16-21(11-14-29-23)15-20-7-5-4-6-8-20/h4-8,11,14,16,22H,9-10,12,15,17-19H2,1-3H3. The lowest BCUT2D eigenvalue weighted by Crippen LogP contribution is -2.72. The topological polar surface area (TPSA) is 36.7 Å². The summed E-state index contributed by atoms with van der Waals surface area (Å²) < 4.78 is 0. The van der Waals surface area contributed by atoms with E-state index in [0.29, 0.717) is 28.6 Å². The fraction of sp³-hybridized carbons (Fsp3) is 0.556. The van der Waals surface area contributed by atoms with E-state index in [4.69, 9.17) is 4.98 Å². The van der Waals surface area contributed by atoms with Crippen molar-refractivity contribution in [3.63, 3.8) is 0 Å². The molecule has 4 aliphatic carbocycles. The lowest BCUT2D eigenvalue weighted by atomic mass is 9.26. The second-order valence-electron chi connectivity index (χ2n) is 11.0. The Hall–Kier alpha value is -2.14. The molecule has 2 heteroatoms. The normalized spacial score (nSPS) is 36.7. The lowest BCUT2D eigenvalue weighted by Gasteiger charge is -2.78. The van der Waals surface area contributed by atoms with Crippen LogP contribution in [-0.2, 0) is 11.8 Å². The highest BCUT2D eigenvalue weighted by Crippen LogP contribution is 2.84. The van der Waals surface area contributed by atoms with Crippen molar-refractivity contribution < 1.29 is 0 Å². The zero-order valence-corrected chi connectivity index (χ0v) is 18.0. The van der Waals surface area contributed by atoms with Gasteiger partial charge in [0.1, 0.15) is 0 Å². The first kappa shape index (κ1) is 18.9. The van der Waals surface area contributed by atoms with E-state index in [2.05, 4.69) is 69.3 Å². The minimum atomic E-state index is 0.248. The fourth-order valence-corrected chi connectivity index (χ4v) is 7.36. The van der Waals surface area contributed by atoms with Crippen LogP contribution in [0.2, 0.25) is 0 Å². The van der Waals surface area contributed by atoms with Crippen LogP contribution in [-0.4, -0.2) is 4.98 Å². The first-order chi connectivity index (χ1) is 13.8. The summed E-state index contributed by atoms with van der Waals surface area (Å²) in [5.74, 6) is 0.551. The van der Waals surface area contributed by atoms with Crippen molar-refractivity contribution in [1.82, 2.24) is 4.98 Å². The van der Waals surface area contributed by atoms with Gasteiger partial charge < -0.3 is 0 Å². The lowest BCUT2D eigenvalue weighted by molar-refractivity contribution is -0.251. The number of rotatable bonds is 5. The molecule has 1 aromatic carbocycles. The van der Waals surface area contributed by atoms with Gasteiger partial charge in [-0.3, -0.25) is 4.98 Å². The quantitative estimate of drug-likeness (QED) is 0.594. The third-order valence-corrected chi connectivity index (χ3v) is 9.59. The monoisotopic (exact) mass is 384 g/mol. The van der Waals surface area contributed by atoms with Gasteiger partial charge in [0.05, 0.1) is 6.07 Å². The van der Waals surface area contributed by atoms with Crippen molar-refractivity contribution in [1.29, 1.82) is 5.26 Å². The summed E-state index contributed by atoms with van der Waals surface area (Å²) in [5.41, 5.74) is 5.45. The molecule has 1 heterocycles. The second kappa shape index (κ2) is 6.18. The van der Waals surface area contributed by atoms with Crippen LogP contribution in [0.4, 0.5) is 0 Å². The first-order valence-corrected chi connectivity index (χ1v) is 11.2. The molecule has 2 aromatic rings. The third kappa shape index (κ3) is 2.49. The van der Waals surface area contributed by atoms with Crippen LogP contribution < -0.4 is 0 Å². The molecule has 6 rings (SSSR count). The maximum atomic E-state index is 9.28. The van der Waals surface area contributed by atoms with Gasteiger partial charge in [0.2, 0.25) is 0 Å². The number of nitrogens with zero attached hydrogens (tertiary/aromatic N) is 2. The smallest absolute Gasteiger partial charge is 0.0624 e. The van der Waals surface area contributed by atoms with Gasteiger partial charge in [-0.2, -0.15) is 5.26 Å². The molecule has 2 unspecified atom stereocenters. The molecule has 4 fully saturated rings.